The number of hydrogen-bond acceptors (Lipinski definition) is 6. The largest absolute Gasteiger partial charge is 0.487 e. The molecule has 0 aliphatic carbocycles. The zero-order chi connectivity index (χ0) is 25.5. The molecular weight excluding hydrogens is 478 g/mol. The molecule has 0 N–H and O–H groups in total. The van der Waals surface area contributed by atoms with Gasteiger partial charge in [0.15, 0.2) is 11.5 Å². The lowest BCUT2D eigenvalue weighted by Gasteiger charge is -2.22. The van der Waals surface area contributed by atoms with E-state index in [-0.39, 0.29) is 0 Å². The lowest BCUT2D eigenvalue weighted by molar-refractivity contribution is 0.268. The summed E-state index contributed by atoms with van der Waals surface area (Å²) in [6.45, 7) is 9.29. The van der Waals surface area contributed by atoms with Gasteiger partial charge in [-0.2, -0.15) is 11.8 Å². The maximum absolute atomic E-state index is 6.09. The third-order valence-corrected chi connectivity index (χ3v) is 6.94. The summed E-state index contributed by atoms with van der Waals surface area (Å²) < 4.78 is 12.2. The van der Waals surface area contributed by atoms with E-state index < -0.39 is 0 Å². The summed E-state index contributed by atoms with van der Waals surface area (Å²) >= 11 is 1.97. The maximum atomic E-state index is 6.09. The van der Waals surface area contributed by atoms with E-state index in [1.807, 2.05) is 54.2 Å². The zero-order valence-electron chi connectivity index (χ0n) is 21.1. The highest BCUT2D eigenvalue weighted by atomic mass is 32.2. The molecule has 1 aliphatic rings. The fraction of sp³-hybridized carbons (Fsp3) is 0.226. The Hall–Kier alpha value is -3.61. The highest BCUT2D eigenvalue weighted by Crippen LogP contribution is 2.36. The Bertz CT molecular complexity index is 1460. The summed E-state index contributed by atoms with van der Waals surface area (Å²) in [6, 6.07) is 28.3. The molecule has 6 heteroatoms. The summed E-state index contributed by atoms with van der Waals surface area (Å²) in [7, 11) is 0. The third kappa shape index (κ3) is 6.79. The third-order valence-electron chi connectivity index (χ3n) is 6.06. The molecular formula is C31H31N3O2S. The Labute approximate surface area is 222 Å². The monoisotopic (exact) mass is 509 g/mol. The van der Waals surface area contributed by atoms with Crippen LogP contribution in [0.2, 0.25) is 0 Å². The number of rotatable bonds is 11. The highest BCUT2D eigenvalue weighted by Gasteiger charge is 2.14. The second-order valence-electron chi connectivity index (χ2n) is 8.95. The molecule has 4 aromatic rings. The molecule has 37 heavy (non-hydrogen) atoms. The number of ether oxygens (including phenoxy) is 2. The summed E-state index contributed by atoms with van der Waals surface area (Å²) in [6.07, 6.45) is 0. The van der Waals surface area contributed by atoms with Gasteiger partial charge in [-0.05, 0) is 52.9 Å². The van der Waals surface area contributed by atoms with Gasteiger partial charge < -0.3 is 9.47 Å². The van der Waals surface area contributed by atoms with Crippen molar-refractivity contribution in [2.75, 3.05) is 18.1 Å². The van der Waals surface area contributed by atoms with Gasteiger partial charge in [0.25, 0.3) is 0 Å². The minimum absolute atomic E-state index is 0.383. The second kappa shape index (κ2) is 12.1. The molecule has 0 bridgehead atoms. The lowest BCUT2D eigenvalue weighted by atomic mass is 10.2. The van der Waals surface area contributed by atoms with E-state index in [2.05, 4.69) is 65.9 Å². The minimum atomic E-state index is 0.383. The molecule has 3 aromatic carbocycles. The molecule has 2 heterocycles. The van der Waals surface area contributed by atoms with Gasteiger partial charge in [-0.15, -0.1) is 0 Å². The molecule has 5 nitrogen and oxygen atoms in total. The molecule has 0 atom stereocenters. The first kappa shape index (κ1) is 25.1. The van der Waals surface area contributed by atoms with Crippen LogP contribution in [0.4, 0.5) is 5.69 Å². The van der Waals surface area contributed by atoms with Crippen molar-refractivity contribution in [1.29, 1.82) is 0 Å². The van der Waals surface area contributed by atoms with Crippen LogP contribution in [0.25, 0.3) is 6.58 Å². The van der Waals surface area contributed by atoms with E-state index in [0.717, 1.165) is 64.5 Å². The van der Waals surface area contributed by atoms with Gasteiger partial charge in [-0.1, -0.05) is 56.0 Å². The fourth-order valence-corrected chi connectivity index (χ4v) is 4.89. The maximum Gasteiger partial charge on any atom is 0.156 e. The summed E-state index contributed by atoms with van der Waals surface area (Å²) in [5, 5.41) is 1.70. The molecule has 0 amide bonds. The predicted octanol–water partition coefficient (Wildman–Crippen LogP) is 5.88. The van der Waals surface area contributed by atoms with Crippen LogP contribution < -0.4 is 20.0 Å². The van der Waals surface area contributed by atoms with Gasteiger partial charge in [-0.25, -0.2) is 4.99 Å². The van der Waals surface area contributed by atoms with Crippen molar-refractivity contribution in [3.8, 4) is 17.2 Å². The quantitative estimate of drug-likeness (QED) is 0.208. The number of fused-ring (bicyclic) bond motifs is 2. The fourth-order valence-electron chi connectivity index (χ4n) is 4.22. The molecule has 1 aliphatic heterocycles. The molecule has 0 fully saturated rings. The van der Waals surface area contributed by atoms with Crippen molar-refractivity contribution in [2.24, 2.45) is 4.99 Å². The second-order valence-corrected chi connectivity index (χ2v) is 10.3. The van der Waals surface area contributed by atoms with E-state index >= 15 is 0 Å². The standard InChI is InChI=1S/C31H31N3O2S/c1-3-37-17-16-34(20-24-8-5-4-6-9-24)21-25-10-7-11-26(32-25)22-35-27-13-15-29-31(19-27)36-30-18-23(2)12-14-28(30)33-29/h4-15,18-19H,2-3,16-17,20-22H2,1H3. The molecule has 188 valence electrons. The van der Waals surface area contributed by atoms with Crippen molar-refractivity contribution in [3.63, 3.8) is 0 Å². The van der Waals surface area contributed by atoms with Crippen LogP contribution in [0.1, 0.15) is 23.9 Å². The molecule has 0 spiro atoms. The molecule has 1 aromatic heterocycles. The summed E-state index contributed by atoms with van der Waals surface area (Å²) in [5.74, 6) is 4.36. The van der Waals surface area contributed by atoms with Crippen LogP contribution >= 0.6 is 11.8 Å². The number of aromatic nitrogens is 1. The topological polar surface area (TPSA) is 47.0 Å². The van der Waals surface area contributed by atoms with Crippen LogP contribution in [-0.4, -0.2) is 27.9 Å². The first-order valence-electron chi connectivity index (χ1n) is 12.6. The van der Waals surface area contributed by atoms with Crippen LogP contribution in [-0.2, 0) is 19.7 Å². The number of thioether (sulfide) groups is 1. The van der Waals surface area contributed by atoms with Gasteiger partial charge in [0.1, 0.15) is 23.4 Å². The van der Waals surface area contributed by atoms with Crippen molar-refractivity contribution in [3.05, 3.63) is 112 Å². The van der Waals surface area contributed by atoms with Gasteiger partial charge in [0, 0.05) is 31.5 Å². The Morgan fingerprint density at radius 2 is 1.76 bits per heavy atom. The Morgan fingerprint density at radius 3 is 2.62 bits per heavy atom. The Balaban J connectivity index is 1.24. The molecule has 0 unspecified atom stereocenters. The zero-order valence-corrected chi connectivity index (χ0v) is 21.9. The number of nitrogens with zero attached hydrogens (tertiary/aromatic N) is 3. The van der Waals surface area contributed by atoms with Gasteiger partial charge in [0.05, 0.1) is 11.4 Å². The van der Waals surface area contributed by atoms with E-state index in [0.29, 0.717) is 18.1 Å². The summed E-state index contributed by atoms with van der Waals surface area (Å²) in [5.41, 5.74) is 4.05. The molecule has 5 rings (SSSR count). The summed E-state index contributed by atoms with van der Waals surface area (Å²) in [4.78, 5) is 12.0. The van der Waals surface area contributed by atoms with E-state index in [1.54, 1.807) is 0 Å². The highest BCUT2D eigenvalue weighted by molar-refractivity contribution is 7.99. The minimum Gasteiger partial charge on any atom is -0.487 e. The Morgan fingerprint density at radius 1 is 0.892 bits per heavy atom. The van der Waals surface area contributed by atoms with Crippen LogP contribution in [0, 0.1) is 0 Å². The normalized spacial score (nSPS) is 11.8. The number of benzene rings is 3. The van der Waals surface area contributed by atoms with E-state index in [4.69, 9.17) is 14.5 Å². The van der Waals surface area contributed by atoms with Gasteiger partial charge in [0.2, 0.25) is 0 Å². The predicted molar refractivity (Wildman–Crippen MR) is 151 cm³/mol. The molecule has 0 saturated heterocycles. The number of pyridine rings is 1. The van der Waals surface area contributed by atoms with Crippen LogP contribution in [0.15, 0.2) is 89.9 Å². The smallest absolute Gasteiger partial charge is 0.156 e. The molecule has 0 radical (unpaired) electrons. The van der Waals surface area contributed by atoms with E-state index in [1.165, 1.54) is 5.56 Å². The van der Waals surface area contributed by atoms with Crippen molar-refractivity contribution >= 4 is 24.0 Å². The van der Waals surface area contributed by atoms with Gasteiger partial charge >= 0.3 is 0 Å². The van der Waals surface area contributed by atoms with Crippen LogP contribution in [0.5, 0.6) is 17.2 Å². The first-order chi connectivity index (χ1) is 18.2. The van der Waals surface area contributed by atoms with Crippen molar-refractivity contribution < 1.29 is 9.47 Å². The Kier molecular flexibility index (Phi) is 8.18. The number of hydrogen-bond donors (Lipinski definition) is 0. The van der Waals surface area contributed by atoms with Gasteiger partial charge in [-0.3, -0.25) is 9.88 Å². The van der Waals surface area contributed by atoms with Crippen LogP contribution in [0.3, 0.4) is 0 Å². The molecule has 0 saturated carbocycles. The lowest BCUT2D eigenvalue weighted by Crippen LogP contribution is -2.26. The van der Waals surface area contributed by atoms with E-state index in [9.17, 15) is 0 Å². The average Bonchev–Trinajstić information content (AvgIpc) is 2.91. The average molecular weight is 510 g/mol. The first-order valence-corrected chi connectivity index (χ1v) is 13.7. The van der Waals surface area contributed by atoms with Crippen molar-refractivity contribution in [1.82, 2.24) is 9.88 Å². The van der Waals surface area contributed by atoms with Crippen molar-refractivity contribution in [2.45, 2.75) is 26.6 Å². The SMILES string of the molecule is C=c1ccc2c(c1)Oc1cc(OCc3cccc(CN(CCSCC)Cc4ccccc4)n3)ccc1N=2.